The lowest BCUT2D eigenvalue weighted by molar-refractivity contribution is -0.121. The Kier molecular flexibility index (Phi) is 6.02. The molecule has 3 heterocycles. The third-order valence-electron chi connectivity index (χ3n) is 4.63. The molecule has 32 heavy (non-hydrogen) atoms. The molecule has 0 saturated heterocycles. The minimum atomic E-state index is -0.430. The lowest BCUT2D eigenvalue weighted by atomic mass is 10.1. The second-order valence-corrected chi connectivity index (χ2v) is 6.85. The molecular formula is C22H18FN5O4. The van der Waals surface area contributed by atoms with Gasteiger partial charge in [0.2, 0.25) is 5.91 Å². The molecule has 0 atom stereocenters. The van der Waals surface area contributed by atoms with Gasteiger partial charge >= 0.3 is 0 Å². The smallest absolute Gasteiger partial charge is 0.267 e. The van der Waals surface area contributed by atoms with Crippen LogP contribution in [0.4, 0.5) is 4.39 Å². The Labute approximate surface area is 180 Å². The third-order valence-corrected chi connectivity index (χ3v) is 4.63. The Hall–Kier alpha value is -4.34. The van der Waals surface area contributed by atoms with Gasteiger partial charge in [0, 0.05) is 30.8 Å². The van der Waals surface area contributed by atoms with Crippen LogP contribution in [0.1, 0.15) is 0 Å². The summed E-state index contributed by atoms with van der Waals surface area (Å²) >= 11 is 0. The molecule has 9 nitrogen and oxygen atoms in total. The molecule has 162 valence electrons. The molecule has 1 N–H and O–H groups in total. The number of carbonyl (C=O) groups is 1. The van der Waals surface area contributed by atoms with E-state index in [4.69, 9.17) is 4.42 Å². The molecule has 0 bridgehead atoms. The highest BCUT2D eigenvalue weighted by Crippen LogP contribution is 2.15. The van der Waals surface area contributed by atoms with Gasteiger partial charge < -0.3 is 9.73 Å². The molecular weight excluding hydrogens is 417 g/mol. The monoisotopic (exact) mass is 435 g/mol. The highest BCUT2D eigenvalue weighted by Gasteiger charge is 2.10. The Morgan fingerprint density at radius 3 is 2.56 bits per heavy atom. The van der Waals surface area contributed by atoms with Crippen molar-refractivity contribution in [2.75, 3.05) is 6.54 Å². The van der Waals surface area contributed by atoms with Crippen molar-refractivity contribution in [3.05, 3.63) is 93.7 Å². The van der Waals surface area contributed by atoms with Crippen LogP contribution in [-0.4, -0.2) is 31.8 Å². The zero-order chi connectivity index (χ0) is 22.5. The number of amides is 1. The molecule has 0 saturated carbocycles. The quantitative estimate of drug-likeness (QED) is 0.473. The Morgan fingerprint density at radius 2 is 1.84 bits per heavy atom. The maximum absolute atomic E-state index is 13.0. The van der Waals surface area contributed by atoms with Gasteiger partial charge in [-0.15, -0.1) is 0 Å². The molecule has 0 aliphatic rings. The Bertz CT molecular complexity index is 1340. The molecule has 0 radical (unpaired) electrons. The fourth-order valence-corrected chi connectivity index (χ4v) is 3.00. The minimum absolute atomic E-state index is 0.156. The van der Waals surface area contributed by atoms with E-state index in [2.05, 4.69) is 15.4 Å². The topological polar surface area (TPSA) is 112 Å². The fourth-order valence-electron chi connectivity index (χ4n) is 3.00. The van der Waals surface area contributed by atoms with Crippen molar-refractivity contribution in [3.8, 4) is 22.7 Å². The van der Waals surface area contributed by atoms with Gasteiger partial charge in [0.1, 0.15) is 18.1 Å². The number of nitrogens with one attached hydrogen (secondary N) is 1. The number of furan rings is 1. The van der Waals surface area contributed by atoms with Gasteiger partial charge in [-0.3, -0.25) is 19.0 Å². The van der Waals surface area contributed by atoms with Crippen LogP contribution >= 0.6 is 0 Å². The van der Waals surface area contributed by atoms with Crippen molar-refractivity contribution in [1.82, 2.24) is 24.6 Å². The molecule has 0 unspecified atom stereocenters. The summed E-state index contributed by atoms with van der Waals surface area (Å²) in [6, 6.07) is 13.2. The average molecular weight is 435 g/mol. The van der Waals surface area contributed by atoms with Crippen LogP contribution in [0.15, 0.2) is 81.2 Å². The predicted octanol–water partition coefficient (Wildman–Crippen LogP) is 1.68. The second kappa shape index (κ2) is 9.21. The molecule has 3 aromatic heterocycles. The number of aromatic nitrogens is 4. The van der Waals surface area contributed by atoms with Crippen molar-refractivity contribution in [2.45, 2.75) is 13.1 Å². The summed E-state index contributed by atoms with van der Waals surface area (Å²) in [5.41, 5.74) is 0.752. The van der Waals surface area contributed by atoms with E-state index in [9.17, 15) is 18.8 Å². The summed E-state index contributed by atoms with van der Waals surface area (Å²) in [5.74, 6) is -0.321. The van der Waals surface area contributed by atoms with Crippen molar-refractivity contribution in [3.63, 3.8) is 0 Å². The van der Waals surface area contributed by atoms with Crippen molar-refractivity contribution in [1.29, 1.82) is 0 Å². The van der Waals surface area contributed by atoms with E-state index in [0.717, 1.165) is 4.68 Å². The maximum atomic E-state index is 13.0. The second-order valence-electron chi connectivity index (χ2n) is 6.85. The summed E-state index contributed by atoms with van der Waals surface area (Å²) in [6.45, 7) is 0.0724. The largest absolute Gasteiger partial charge is 0.463 e. The van der Waals surface area contributed by atoms with E-state index in [0.29, 0.717) is 22.7 Å². The first kappa shape index (κ1) is 20.9. The van der Waals surface area contributed by atoms with E-state index >= 15 is 0 Å². The minimum Gasteiger partial charge on any atom is -0.463 e. The van der Waals surface area contributed by atoms with Crippen LogP contribution in [0.5, 0.6) is 0 Å². The highest BCUT2D eigenvalue weighted by atomic mass is 19.1. The summed E-state index contributed by atoms with van der Waals surface area (Å²) in [6.07, 6.45) is 2.86. The highest BCUT2D eigenvalue weighted by molar-refractivity contribution is 5.75. The van der Waals surface area contributed by atoms with Crippen LogP contribution in [0.3, 0.4) is 0 Å². The van der Waals surface area contributed by atoms with Crippen LogP contribution in [0.2, 0.25) is 0 Å². The van der Waals surface area contributed by atoms with Crippen LogP contribution in [-0.2, 0) is 17.9 Å². The van der Waals surface area contributed by atoms with Gasteiger partial charge in [-0.25, -0.2) is 14.1 Å². The first-order valence-corrected chi connectivity index (χ1v) is 9.71. The van der Waals surface area contributed by atoms with Crippen molar-refractivity contribution >= 4 is 5.91 Å². The first-order chi connectivity index (χ1) is 15.5. The molecule has 4 aromatic rings. The van der Waals surface area contributed by atoms with Gasteiger partial charge in [-0.1, -0.05) is 0 Å². The van der Waals surface area contributed by atoms with Gasteiger partial charge in [0.15, 0.2) is 5.76 Å². The molecule has 0 aliphatic heterocycles. The normalized spacial score (nSPS) is 10.8. The fraction of sp³-hybridized carbons (Fsp3) is 0.136. The zero-order valence-corrected chi connectivity index (χ0v) is 16.8. The summed E-state index contributed by atoms with van der Waals surface area (Å²) < 4.78 is 20.7. The van der Waals surface area contributed by atoms with Gasteiger partial charge in [-0.05, 0) is 42.5 Å². The summed E-state index contributed by atoms with van der Waals surface area (Å²) in [7, 11) is 0. The Morgan fingerprint density at radius 1 is 1.03 bits per heavy atom. The van der Waals surface area contributed by atoms with Gasteiger partial charge in [0.05, 0.1) is 18.3 Å². The molecule has 4 rings (SSSR count). The van der Waals surface area contributed by atoms with Crippen molar-refractivity contribution in [2.24, 2.45) is 0 Å². The number of halogens is 1. The van der Waals surface area contributed by atoms with Gasteiger partial charge in [0.25, 0.3) is 11.1 Å². The van der Waals surface area contributed by atoms with E-state index in [-0.39, 0.29) is 31.0 Å². The molecule has 1 amide bonds. The number of nitrogens with zero attached hydrogens (tertiary/aromatic N) is 4. The number of rotatable bonds is 7. The van der Waals surface area contributed by atoms with Crippen LogP contribution in [0.25, 0.3) is 22.7 Å². The first-order valence-electron chi connectivity index (χ1n) is 9.71. The van der Waals surface area contributed by atoms with Gasteiger partial charge in [-0.2, -0.15) is 5.10 Å². The van der Waals surface area contributed by atoms with E-state index in [1.807, 2.05) is 0 Å². The van der Waals surface area contributed by atoms with Crippen molar-refractivity contribution < 1.29 is 13.6 Å². The zero-order valence-electron chi connectivity index (χ0n) is 16.8. The maximum Gasteiger partial charge on any atom is 0.267 e. The predicted molar refractivity (Wildman–Crippen MR) is 113 cm³/mol. The van der Waals surface area contributed by atoms with Crippen LogP contribution in [0, 0.1) is 5.82 Å². The SMILES string of the molecule is O=C(Cn1nc(-c2ccco2)ccc1=O)NCCn1cnc(-c2ccc(F)cc2)cc1=O. The summed E-state index contributed by atoms with van der Waals surface area (Å²) in [4.78, 5) is 40.8. The number of benzene rings is 1. The summed E-state index contributed by atoms with van der Waals surface area (Å²) in [5, 5.41) is 6.79. The van der Waals surface area contributed by atoms with E-state index < -0.39 is 11.5 Å². The lowest BCUT2D eigenvalue weighted by Gasteiger charge is -2.09. The molecule has 0 aliphatic carbocycles. The molecule has 10 heteroatoms. The van der Waals surface area contributed by atoms with Crippen LogP contribution < -0.4 is 16.4 Å². The molecule has 1 aromatic carbocycles. The number of carbonyl (C=O) groups excluding carboxylic acids is 1. The molecule has 0 spiro atoms. The number of hydrogen-bond donors (Lipinski definition) is 1. The number of hydrogen-bond acceptors (Lipinski definition) is 6. The third kappa shape index (κ3) is 4.86. The Balaban J connectivity index is 1.35. The van der Waals surface area contributed by atoms with E-state index in [1.54, 1.807) is 24.3 Å². The average Bonchev–Trinajstić information content (AvgIpc) is 3.32. The molecule has 0 fully saturated rings. The van der Waals surface area contributed by atoms with E-state index in [1.165, 1.54) is 47.5 Å². The lowest BCUT2D eigenvalue weighted by Crippen LogP contribution is -2.36. The standard InChI is InChI=1S/C22H18FN5O4/c23-16-5-3-15(4-6-16)18-12-22(31)27(14-25-18)10-9-24-20(29)13-28-21(30)8-7-17(26-28)19-2-1-11-32-19/h1-8,11-12,14H,9-10,13H2,(H,24,29).